The molecule has 0 saturated heterocycles. The third kappa shape index (κ3) is 3.96. The van der Waals surface area contributed by atoms with Crippen LogP contribution in [0.2, 0.25) is 0 Å². The van der Waals surface area contributed by atoms with Crippen molar-refractivity contribution in [2.45, 2.75) is 12.4 Å². The van der Waals surface area contributed by atoms with Crippen LogP contribution in [0.25, 0.3) is 0 Å². The fraction of sp³-hybridized carbons (Fsp3) is 0.429. The van der Waals surface area contributed by atoms with E-state index in [1.807, 2.05) is 0 Å². The van der Waals surface area contributed by atoms with Gasteiger partial charge in [0.1, 0.15) is 6.54 Å². The summed E-state index contributed by atoms with van der Waals surface area (Å²) in [6, 6.07) is 0. The molecule has 10 heteroatoms. The number of nitrogens with one attached hydrogen (secondary N) is 1. The first-order valence-electron chi connectivity index (χ1n) is 4.10. The highest BCUT2D eigenvalue weighted by Gasteiger charge is 2.35. The maximum atomic E-state index is 12.2. The zero-order chi connectivity index (χ0) is 13.3. The van der Waals surface area contributed by atoms with Crippen molar-refractivity contribution in [3.8, 4) is 0 Å². The number of anilines is 2. The lowest BCUT2D eigenvalue weighted by Crippen LogP contribution is -2.23. The van der Waals surface area contributed by atoms with E-state index in [4.69, 9.17) is 5.73 Å². The van der Waals surface area contributed by atoms with E-state index in [0.29, 0.717) is 6.20 Å². The Morgan fingerprint density at radius 1 is 1.18 bits per heavy atom. The number of hydrogen-bond donors (Lipinski definition) is 2. The van der Waals surface area contributed by atoms with Gasteiger partial charge in [0, 0.05) is 0 Å². The summed E-state index contributed by atoms with van der Waals surface area (Å²) in [5.74, 6) is -2.26. The van der Waals surface area contributed by atoms with Gasteiger partial charge in [-0.1, -0.05) is 0 Å². The first kappa shape index (κ1) is 13.3. The number of alkyl halides is 6. The summed E-state index contributed by atoms with van der Waals surface area (Å²) in [7, 11) is 0. The van der Waals surface area contributed by atoms with Gasteiger partial charge in [0.2, 0.25) is 5.82 Å². The molecule has 4 nitrogen and oxygen atoms in total. The number of nitrogens with zero attached hydrogens (tertiary/aromatic N) is 2. The van der Waals surface area contributed by atoms with Crippen molar-refractivity contribution in [2.24, 2.45) is 0 Å². The van der Waals surface area contributed by atoms with Gasteiger partial charge in [-0.05, 0) is 0 Å². The van der Waals surface area contributed by atoms with Crippen LogP contribution in [0.15, 0.2) is 6.20 Å². The number of halogens is 6. The third-order valence-corrected chi connectivity index (χ3v) is 1.53. The van der Waals surface area contributed by atoms with Gasteiger partial charge in [-0.3, -0.25) is 0 Å². The average Bonchev–Trinajstić information content (AvgIpc) is 2.13. The highest BCUT2D eigenvalue weighted by molar-refractivity contribution is 5.59. The van der Waals surface area contributed by atoms with E-state index in [1.165, 1.54) is 0 Å². The molecule has 1 rings (SSSR count). The van der Waals surface area contributed by atoms with E-state index in [9.17, 15) is 26.3 Å². The Hall–Kier alpha value is -1.74. The van der Waals surface area contributed by atoms with Gasteiger partial charge >= 0.3 is 12.4 Å². The summed E-state index contributed by atoms with van der Waals surface area (Å²) in [5, 5.41) is 1.66. The molecule has 1 aromatic heterocycles. The summed E-state index contributed by atoms with van der Waals surface area (Å²) >= 11 is 0. The molecular weight excluding hydrogens is 254 g/mol. The van der Waals surface area contributed by atoms with Gasteiger partial charge in [-0.15, -0.1) is 0 Å². The lowest BCUT2D eigenvalue weighted by Gasteiger charge is -2.12. The van der Waals surface area contributed by atoms with Crippen LogP contribution in [0.5, 0.6) is 0 Å². The molecule has 0 amide bonds. The largest absolute Gasteiger partial charge is 0.451 e. The normalized spacial score (nSPS) is 12.6. The molecule has 0 fully saturated rings. The lowest BCUT2D eigenvalue weighted by atomic mass is 10.4. The summed E-state index contributed by atoms with van der Waals surface area (Å²) in [6.07, 6.45) is -8.84. The van der Waals surface area contributed by atoms with Crippen LogP contribution in [0, 0.1) is 0 Å². The molecule has 0 atom stereocenters. The van der Waals surface area contributed by atoms with E-state index < -0.39 is 36.2 Å². The molecule has 0 unspecified atom stereocenters. The molecule has 0 aliphatic carbocycles. The predicted octanol–water partition coefficient (Wildman–Crippen LogP) is 2.05. The number of nitrogens with two attached hydrogens (primary N) is 1. The fourth-order valence-corrected chi connectivity index (χ4v) is 0.853. The zero-order valence-corrected chi connectivity index (χ0v) is 8.02. The van der Waals surface area contributed by atoms with Crippen molar-refractivity contribution in [1.29, 1.82) is 0 Å². The van der Waals surface area contributed by atoms with Crippen molar-refractivity contribution < 1.29 is 26.3 Å². The minimum atomic E-state index is -4.84. The van der Waals surface area contributed by atoms with E-state index in [1.54, 1.807) is 5.32 Å². The molecule has 17 heavy (non-hydrogen) atoms. The first-order chi connectivity index (χ1) is 7.59. The highest BCUT2D eigenvalue weighted by atomic mass is 19.4. The van der Waals surface area contributed by atoms with Crippen molar-refractivity contribution in [3.05, 3.63) is 12.0 Å². The van der Waals surface area contributed by atoms with E-state index in [0.717, 1.165) is 0 Å². The van der Waals surface area contributed by atoms with Crippen LogP contribution in [0.3, 0.4) is 0 Å². The Morgan fingerprint density at radius 3 is 2.24 bits per heavy atom. The molecule has 0 aromatic carbocycles. The van der Waals surface area contributed by atoms with Crippen molar-refractivity contribution in [2.75, 3.05) is 17.6 Å². The molecule has 1 heterocycles. The van der Waals surface area contributed by atoms with Gasteiger partial charge < -0.3 is 11.1 Å². The SMILES string of the molecule is Nc1cnc(C(F)(F)F)nc1NCC(F)(F)F. The van der Waals surface area contributed by atoms with Crippen molar-refractivity contribution in [3.63, 3.8) is 0 Å². The molecule has 0 saturated carbocycles. The first-order valence-corrected chi connectivity index (χ1v) is 4.10. The predicted molar refractivity (Wildman–Crippen MR) is 46.0 cm³/mol. The van der Waals surface area contributed by atoms with Crippen LogP contribution in [-0.4, -0.2) is 22.7 Å². The van der Waals surface area contributed by atoms with E-state index >= 15 is 0 Å². The van der Waals surface area contributed by atoms with Crippen LogP contribution in [-0.2, 0) is 6.18 Å². The van der Waals surface area contributed by atoms with Crippen LogP contribution < -0.4 is 11.1 Å². The number of hydrogen-bond acceptors (Lipinski definition) is 4. The molecule has 0 spiro atoms. The molecule has 0 bridgehead atoms. The van der Waals surface area contributed by atoms with Crippen LogP contribution in [0.4, 0.5) is 37.8 Å². The second-order valence-corrected chi connectivity index (χ2v) is 2.96. The lowest BCUT2D eigenvalue weighted by molar-refractivity contribution is -0.144. The molecule has 0 aliphatic heterocycles. The molecule has 0 radical (unpaired) electrons. The van der Waals surface area contributed by atoms with Gasteiger partial charge in [0.15, 0.2) is 5.82 Å². The average molecular weight is 260 g/mol. The summed E-state index contributed by atoms with van der Waals surface area (Å²) < 4.78 is 72.0. The van der Waals surface area contributed by atoms with E-state index in [2.05, 4.69) is 9.97 Å². The van der Waals surface area contributed by atoms with Crippen molar-refractivity contribution in [1.82, 2.24) is 9.97 Å². The zero-order valence-electron chi connectivity index (χ0n) is 8.02. The fourth-order valence-electron chi connectivity index (χ4n) is 0.853. The molecule has 0 aliphatic rings. The monoisotopic (exact) mass is 260 g/mol. The van der Waals surface area contributed by atoms with Crippen LogP contribution in [0.1, 0.15) is 5.82 Å². The number of nitrogen functional groups attached to an aromatic ring is 1. The summed E-state index contributed by atoms with van der Waals surface area (Å²) in [5.41, 5.74) is 4.74. The van der Waals surface area contributed by atoms with Crippen LogP contribution >= 0.6 is 0 Å². The number of rotatable bonds is 2. The Bertz CT molecular complexity index is 398. The third-order valence-electron chi connectivity index (χ3n) is 1.53. The van der Waals surface area contributed by atoms with Gasteiger partial charge in [-0.2, -0.15) is 26.3 Å². The Morgan fingerprint density at radius 2 is 1.76 bits per heavy atom. The minimum Gasteiger partial charge on any atom is -0.394 e. The maximum Gasteiger partial charge on any atom is 0.451 e. The van der Waals surface area contributed by atoms with Gasteiger partial charge in [-0.25, -0.2) is 9.97 Å². The summed E-state index contributed by atoms with van der Waals surface area (Å²) in [4.78, 5) is 5.75. The smallest absolute Gasteiger partial charge is 0.394 e. The standard InChI is InChI=1S/C7H6F6N4/c8-6(9,10)2-16-4-3(14)1-15-5(17-4)7(11,12)13/h1H,2,14H2,(H,15,16,17). The van der Waals surface area contributed by atoms with Crippen molar-refractivity contribution >= 4 is 11.5 Å². The molecule has 96 valence electrons. The maximum absolute atomic E-state index is 12.2. The highest BCUT2D eigenvalue weighted by Crippen LogP contribution is 2.28. The summed E-state index contributed by atoms with van der Waals surface area (Å²) in [6.45, 7) is -1.54. The topological polar surface area (TPSA) is 63.8 Å². The minimum absolute atomic E-state index is 0.401. The Balaban J connectivity index is 2.92. The van der Waals surface area contributed by atoms with E-state index in [-0.39, 0.29) is 0 Å². The quantitative estimate of drug-likeness (QED) is 0.799. The van der Waals surface area contributed by atoms with Gasteiger partial charge in [0.05, 0.1) is 11.9 Å². The Kier molecular flexibility index (Phi) is 3.34. The molecule has 3 N–H and O–H groups in total. The Labute approximate surface area is 90.8 Å². The number of aromatic nitrogens is 2. The molecular formula is C7H6F6N4. The second kappa shape index (κ2) is 4.26. The second-order valence-electron chi connectivity index (χ2n) is 2.96. The van der Waals surface area contributed by atoms with Gasteiger partial charge in [0.25, 0.3) is 0 Å². The molecule has 1 aromatic rings.